The van der Waals surface area contributed by atoms with Crippen LogP contribution in [0.25, 0.3) is 0 Å². The molecule has 0 aliphatic heterocycles. The van der Waals surface area contributed by atoms with E-state index in [1.165, 1.54) is 25.6 Å². The maximum atomic E-state index is 11.9. The van der Waals surface area contributed by atoms with Gasteiger partial charge in [-0.3, -0.25) is 14.9 Å². The fourth-order valence-electron chi connectivity index (χ4n) is 3.23. The number of benzene rings is 1. The van der Waals surface area contributed by atoms with Crippen molar-refractivity contribution < 1.29 is 14.8 Å². The number of nitro benzene ring substituents is 1. The Morgan fingerprint density at radius 1 is 1.38 bits per heavy atom. The Bertz CT molecular complexity index is 591. The normalized spacial score (nSPS) is 20.4. The van der Waals surface area contributed by atoms with Gasteiger partial charge in [0.2, 0.25) is 0 Å². The van der Waals surface area contributed by atoms with Crippen LogP contribution in [0.15, 0.2) is 18.2 Å². The van der Waals surface area contributed by atoms with Crippen LogP contribution in [0.3, 0.4) is 0 Å². The van der Waals surface area contributed by atoms with E-state index in [4.69, 9.17) is 0 Å². The van der Waals surface area contributed by atoms with E-state index in [2.05, 4.69) is 10.6 Å². The van der Waals surface area contributed by atoms with E-state index < -0.39 is 4.92 Å². The summed E-state index contributed by atoms with van der Waals surface area (Å²) in [4.78, 5) is 22.3. The van der Waals surface area contributed by atoms with Crippen molar-refractivity contribution in [2.45, 2.75) is 44.6 Å². The molecule has 0 radical (unpaired) electrons. The van der Waals surface area contributed by atoms with Crippen LogP contribution in [-0.2, 0) is 0 Å². The average Bonchev–Trinajstić information content (AvgIpc) is 2.59. The van der Waals surface area contributed by atoms with Gasteiger partial charge in [0.1, 0.15) is 0 Å². The quantitative estimate of drug-likeness (QED) is 0.404. The lowest BCUT2D eigenvalue weighted by atomic mass is 9.83. The molecule has 7 nitrogen and oxygen atoms in total. The van der Waals surface area contributed by atoms with Crippen LogP contribution in [0, 0.1) is 16.0 Å². The highest BCUT2D eigenvalue weighted by Gasteiger charge is 2.22. The van der Waals surface area contributed by atoms with Crippen LogP contribution in [0.1, 0.15) is 48.9 Å². The molecule has 0 heterocycles. The Morgan fingerprint density at radius 3 is 2.79 bits per heavy atom. The second-order valence-corrected chi connectivity index (χ2v) is 6.25. The lowest BCUT2D eigenvalue weighted by Crippen LogP contribution is -2.25. The standard InChI is InChI=1S/C17H25N3O4/c1-18-17(22)14-11-13(20(23)24)8-9-15(14)19-10-4-6-12-5-2-3-7-16(12)21/h8-9,11-12,16,19,21H,2-7,10H2,1H3,(H,18,22). The first kappa shape index (κ1) is 18.2. The molecule has 1 fully saturated rings. The first-order chi connectivity index (χ1) is 11.5. The van der Waals surface area contributed by atoms with Crippen molar-refractivity contribution in [3.8, 4) is 0 Å². The zero-order chi connectivity index (χ0) is 17.5. The zero-order valence-corrected chi connectivity index (χ0v) is 14.0. The fraction of sp³-hybridized carbons (Fsp3) is 0.588. The number of aliphatic hydroxyl groups is 1. The summed E-state index contributed by atoms with van der Waals surface area (Å²) in [5.41, 5.74) is 0.748. The van der Waals surface area contributed by atoms with Crippen molar-refractivity contribution >= 4 is 17.3 Å². The average molecular weight is 335 g/mol. The van der Waals surface area contributed by atoms with Gasteiger partial charge in [0.25, 0.3) is 11.6 Å². The molecule has 7 heteroatoms. The molecule has 1 amide bonds. The number of amides is 1. The van der Waals surface area contributed by atoms with Crippen molar-refractivity contribution in [3.63, 3.8) is 0 Å². The number of nitrogens with one attached hydrogen (secondary N) is 2. The number of anilines is 1. The van der Waals surface area contributed by atoms with E-state index in [-0.39, 0.29) is 23.3 Å². The smallest absolute Gasteiger partial charge is 0.270 e. The minimum absolute atomic E-state index is 0.107. The minimum atomic E-state index is -0.513. The summed E-state index contributed by atoms with van der Waals surface area (Å²) in [7, 11) is 1.50. The van der Waals surface area contributed by atoms with Crippen molar-refractivity contribution in [2.75, 3.05) is 18.9 Å². The predicted molar refractivity (Wildman–Crippen MR) is 92.2 cm³/mol. The lowest BCUT2D eigenvalue weighted by molar-refractivity contribution is -0.384. The van der Waals surface area contributed by atoms with Crippen LogP contribution >= 0.6 is 0 Å². The molecule has 0 saturated heterocycles. The van der Waals surface area contributed by atoms with Crippen LogP contribution in [0.2, 0.25) is 0 Å². The number of carbonyl (C=O) groups excluding carboxylic acids is 1. The molecular formula is C17H25N3O4. The summed E-state index contributed by atoms with van der Waals surface area (Å²) in [6.07, 6.45) is 5.87. The van der Waals surface area contributed by atoms with Gasteiger partial charge < -0.3 is 15.7 Å². The van der Waals surface area contributed by atoms with Crippen molar-refractivity contribution in [2.24, 2.45) is 5.92 Å². The van der Waals surface area contributed by atoms with Gasteiger partial charge in [-0.15, -0.1) is 0 Å². The molecule has 0 aromatic heterocycles. The van der Waals surface area contributed by atoms with Crippen molar-refractivity contribution in [3.05, 3.63) is 33.9 Å². The molecule has 2 rings (SSSR count). The van der Waals surface area contributed by atoms with E-state index in [1.54, 1.807) is 6.07 Å². The SMILES string of the molecule is CNC(=O)c1cc([N+](=O)[O-])ccc1NCCCC1CCCCC1O. The second kappa shape index (κ2) is 8.63. The number of nitrogens with zero attached hydrogens (tertiary/aromatic N) is 1. The van der Waals surface area contributed by atoms with Gasteiger partial charge >= 0.3 is 0 Å². The third-order valence-corrected chi connectivity index (χ3v) is 4.62. The summed E-state index contributed by atoms with van der Waals surface area (Å²) < 4.78 is 0. The predicted octanol–water partition coefficient (Wildman–Crippen LogP) is 2.70. The number of nitro groups is 1. The molecule has 2 unspecified atom stereocenters. The molecule has 1 aromatic carbocycles. The summed E-state index contributed by atoms with van der Waals surface area (Å²) in [6.45, 7) is 0.658. The molecule has 1 saturated carbocycles. The third-order valence-electron chi connectivity index (χ3n) is 4.62. The Labute approximate surface area is 141 Å². The lowest BCUT2D eigenvalue weighted by Gasteiger charge is -2.27. The molecular weight excluding hydrogens is 310 g/mol. The third kappa shape index (κ3) is 4.67. The van der Waals surface area contributed by atoms with Crippen LogP contribution < -0.4 is 10.6 Å². The highest BCUT2D eigenvalue weighted by Crippen LogP contribution is 2.28. The summed E-state index contributed by atoms with van der Waals surface area (Å²) >= 11 is 0. The molecule has 1 aliphatic carbocycles. The Kier molecular flexibility index (Phi) is 6.54. The van der Waals surface area contributed by atoms with Gasteiger partial charge in [-0.2, -0.15) is 0 Å². The topological polar surface area (TPSA) is 104 Å². The van der Waals surface area contributed by atoms with Crippen LogP contribution in [-0.4, -0.2) is 35.6 Å². The summed E-state index contributed by atoms with van der Waals surface area (Å²) in [5, 5.41) is 26.5. The van der Waals surface area contributed by atoms with Gasteiger partial charge in [0, 0.05) is 31.4 Å². The van der Waals surface area contributed by atoms with Gasteiger partial charge in [0.15, 0.2) is 0 Å². The molecule has 24 heavy (non-hydrogen) atoms. The maximum absolute atomic E-state index is 11.9. The van der Waals surface area contributed by atoms with Crippen molar-refractivity contribution in [1.29, 1.82) is 0 Å². The Hall–Kier alpha value is -2.15. The largest absolute Gasteiger partial charge is 0.393 e. The van der Waals surface area contributed by atoms with Crippen LogP contribution in [0.5, 0.6) is 0 Å². The molecule has 2 atom stereocenters. The molecule has 3 N–H and O–H groups in total. The van der Waals surface area contributed by atoms with E-state index in [0.717, 1.165) is 32.1 Å². The van der Waals surface area contributed by atoms with Gasteiger partial charge in [-0.25, -0.2) is 0 Å². The van der Waals surface area contributed by atoms with E-state index in [9.17, 15) is 20.0 Å². The summed E-state index contributed by atoms with van der Waals surface area (Å²) in [5.74, 6) is -0.000255. The summed E-state index contributed by atoms with van der Waals surface area (Å²) in [6, 6.07) is 4.24. The number of rotatable bonds is 7. The molecule has 0 spiro atoms. The van der Waals surface area contributed by atoms with Crippen molar-refractivity contribution in [1.82, 2.24) is 5.32 Å². The Balaban J connectivity index is 1.93. The van der Waals surface area contributed by atoms with Gasteiger partial charge in [0.05, 0.1) is 16.6 Å². The zero-order valence-electron chi connectivity index (χ0n) is 14.0. The first-order valence-electron chi connectivity index (χ1n) is 8.45. The number of non-ortho nitro benzene ring substituents is 1. The highest BCUT2D eigenvalue weighted by atomic mass is 16.6. The number of hydrogen-bond acceptors (Lipinski definition) is 5. The number of hydrogen-bond donors (Lipinski definition) is 3. The van der Waals surface area contributed by atoms with E-state index in [1.807, 2.05) is 0 Å². The molecule has 132 valence electrons. The fourth-order valence-corrected chi connectivity index (χ4v) is 3.23. The number of aliphatic hydroxyl groups excluding tert-OH is 1. The van der Waals surface area contributed by atoms with Gasteiger partial charge in [-0.05, 0) is 37.7 Å². The highest BCUT2D eigenvalue weighted by molar-refractivity contribution is 6.00. The molecule has 1 aromatic rings. The van der Waals surface area contributed by atoms with Crippen LogP contribution in [0.4, 0.5) is 11.4 Å². The number of carbonyl (C=O) groups is 1. The van der Waals surface area contributed by atoms with E-state index in [0.29, 0.717) is 18.2 Å². The monoisotopic (exact) mass is 335 g/mol. The first-order valence-corrected chi connectivity index (χ1v) is 8.45. The molecule has 0 bridgehead atoms. The van der Waals surface area contributed by atoms with Gasteiger partial charge in [-0.1, -0.05) is 12.8 Å². The molecule has 1 aliphatic rings. The second-order valence-electron chi connectivity index (χ2n) is 6.25. The van der Waals surface area contributed by atoms with E-state index >= 15 is 0 Å². The maximum Gasteiger partial charge on any atom is 0.270 e. The minimum Gasteiger partial charge on any atom is -0.393 e. The Morgan fingerprint density at radius 2 is 2.12 bits per heavy atom.